The highest BCUT2D eigenvalue weighted by molar-refractivity contribution is 9.09. The highest BCUT2D eigenvalue weighted by Crippen LogP contribution is 2.21. The monoisotopic (exact) mass is 248 g/mol. The molecule has 0 nitrogen and oxygen atoms in total. The van der Waals surface area contributed by atoms with Crippen molar-refractivity contribution in [3.05, 3.63) is 11.8 Å². The summed E-state index contributed by atoms with van der Waals surface area (Å²) in [4.78, 5) is 0. The van der Waals surface area contributed by atoms with Crippen molar-refractivity contribution < 1.29 is 0 Å². The van der Waals surface area contributed by atoms with Gasteiger partial charge in [-0.1, -0.05) is 66.6 Å². The lowest BCUT2D eigenvalue weighted by molar-refractivity contribution is 1.18. The minimum absolute atomic E-state index is 0.956. The molecule has 0 saturated heterocycles. The van der Waals surface area contributed by atoms with E-state index in [4.69, 9.17) is 0 Å². The molecule has 0 aliphatic heterocycles. The van der Waals surface area contributed by atoms with Crippen molar-refractivity contribution in [3.8, 4) is 0 Å². The Morgan fingerprint density at radius 1 is 1.08 bits per heavy atom. The van der Waals surface area contributed by atoms with Crippen LogP contribution in [0.3, 0.4) is 0 Å². The van der Waals surface area contributed by atoms with Crippen molar-refractivity contribution in [2.45, 2.75) is 45.3 Å². The summed E-state index contributed by atoms with van der Waals surface area (Å²) in [5.41, 5.74) is 2.55. The van der Waals surface area contributed by atoms with Crippen LogP contribution in [0.5, 0.6) is 0 Å². The van der Waals surface area contributed by atoms with Crippen LogP contribution in [0.25, 0.3) is 0 Å². The van der Waals surface area contributed by atoms with Gasteiger partial charge in [-0.05, 0) is 6.42 Å². The molecule has 0 aromatic heterocycles. The van der Waals surface area contributed by atoms with Gasteiger partial charge in [-0.15, -0.1) is 0 Å². The van der Waals surface area contributed by atoms with Crippen LogP contribution in [0.1, 0.15) is 27.2 Å². The van der Waals surface area contributed by atoms with E-state index < -0.39 is 8.07 Å². The molecule has 12 heavy (non-hydrogen) atoms. The minimum atomic E-state index is -0.956. The van der Waals surface area contributed by atoms with Gasteiger partial charge in [0.15, 0.2) is 0 Å². The summed E-state index contributed by atoms with van der Waals surface area (Å²) in [5, 5.41) is 1.10. The van der Waals surface area contributed by atoms with Crippen molar-refractivity contribution >= 4 is 24.0 Å². The molecule has 0 rings (SSSR count). The smallest absolute Gasteiger partial charge is 0.0766 e. The standard InChI is InChI=1S/C10H21BrSi/c1-4-12(5-2,6-3)10-8-7-9-11/h8,10H,4-7,9H2,1-3H3/b10-8+. The number of alkyl halides is 1. The fraction of sp³-hybridized carbons (Fsp3) is 0.800. The molecule has 0 saturated carbocycles. The number of hydrogen-bond donors (Lipinski definition) is 0. The van der Waals surface area contributed by atoms with E-state index in [9.17, 15) is 0 Å². The van der Waals surface area contributed by atoms with Gasteiger partial charge in [-0.25, -0.2) is 0 Å². The topological polar surface area (TPSA) is 0 Å². The molecule has 0 fully saturated rings. The second-order valence-corrected chi connectivity index (χ2v) is 9.28. The van der Waals surface area contributed by atoms with Crippen LogP contribution in [-0.2, 0) is 0 Å². The molecule has 0 heterocycles. The number of allylic oxidation sites excluding steroid dienone is 1. The third-order valence-corrected chi connectivity index (χ3v) is 8.48. The maximum absolute atomic E-state index is 3.45. The maximum atomic E-state index is 3.45. The average Bonchev–Trinajstić information content (AvgIpc) is 2.14. The van der Waals surface area contributed by atoms with Crippen molar-refractivity contribution in [1.82, 2.24) is 0 Å². The SMILES string of the molecule is CC[Si](/C=C/CCBr)(CC)CC. The zero-order valence-corrected chi connectivity index (χ0v) is 11.2. The van der Waals surface area contributed by atoms with Gasteiger partial charge >= 0.3 is 0 Å². The Balaban J connectivity index is 4.09. The average molecular weight is 249 g/mol. The molecule has 0 bridgehead atoms. The van der Waals surface area contributed by atoms with Crippen molar-refractivity contribution in [1.29, 1.82) is 0 Å². The van der Waals surface area contributed by atoms with Crippen LogP contribution < -0.4 is 0 Å². The van der Waals surface area contributed by atoms with Gasteiger partial charge in [0.05, 0.1) is 8.07 Å². The van der Waals surface area contributed by atoms with E-state index in [0.717, 1.165) is 5.33 Å². The van der Waals surface area contributed by atoms with E-state index in [-0.39, 0.29) is 0 Å². The van der Waals surface area contributed by atoms with Crippen LogP contribution in [0.4, 0.5) is 0 Å². The third kappa shape index (κ3) is 3.90. The van der Waals surface area contributed by atoms with Gasteiger partial charge in [-0.3, -0.25) is 0 Å². The van der Waals surface area contributed by atoms with Gasteiger partial charge in [0.1, 0.15) is 0 Å². The second-order valence-electron chi connectivity index (χ2n) is 3.30. The molecular formula is C10H21BrSi. The molecule has 72 valence electrons. The lowest BCUT2D eigenvalue weighted by atomic mass is 10.5. The molecule has 0 N–H and O–H groups in total. The third-order valence-electron chi connectivity index (χ3n) is 2.86. The second kappa shape index (κ2) is 6.90. The fourth-order valence-corrected chi connectivity index (χ4v) is 4.64. The molecule has 0 aliphatic carbocycles. The lowest BCUT2D eigenvalue weighted by Gasteiger charge is -2.23. The molecule has 0 aromatic carbocycles. The zero-order valence-electron chi connectivity index (χ0n) is 8.57. The Labute approximate surface area is 86.6 Å². The van der Waals surface area contributed by atoms with E-state index in [1.807, 2.05) is 0 Å². The first-order valence-electron chi connectivity index (χ1n) is 4.98. The molecule has 0 aliphatic rings. The van der Waals surface area contributed by atoms with Crippen LogP contribution in [0.2, 0.25) is 18.1 Å². The Hall–Kier alpha value is 0.437. The quantitative estimate of drug-likeness (QED) is 0.484. The largest absolute Gasteiger partial charge is 0.0981 e. The Morgan fingerprint density at radius 2 is 1.58 bits per heavy atom. The molecule has 0 spiro atoms. The van der Waals surface area contributed by atoms with Crippen LogP contribution >= 0.6 is 15.9 Å². The van der Waals surface area contributed by atoms with E-state index in [0.29, 0.717) is 0 Å². The van der Waals surface area contributed by atoms with E-state index in [2.05, 4.69) is 48.5 Å². The highest BCUT2D eigenvalue weighted by Gasteiger charge is 2.22. The molecule has 0 aromatic rings. The predicted octanol–water partition coefficient (Wildman–Crippen LogP) is 4.38. The maximum Gasteiger partial charge on any atom is 0.0766 e. The lowest BCUT2D eigenvalue weighted by Crippen LogP contribution is -2.28. The zero-order chi connectivity index (χ0) is 9.45. The number of rotatable bonds is 6. The highest BCUT2D eigenvalue weighted by atomic mass is 79.9. The summed E-state index contributed by atoms with van der Waals surface area (Å²) in [5.74, 6) is 0. The van der Waals surface area contributed by atoms with Crippen molar-refractivity contribution in [2.24, 2.45) is 0 Å². The Morgan fingerprint density at radius 3 is 1.92 bits per heavy atom. The van der Waals surface area contributed by atoms with Crippen LogP contribution in [0.15, 0.2) is 11.8 Å². The Bertz CT molecular complexity index is 120. The summed E-state index contributed by atoms with van der Waals surface area (Å²) in [6.45, 7) is 7.03. The van der Waals surface area contributed by atoms with Gasteiger partial charge < -0.3 is 0 Å². The van der Waals surface area contributed by atoms with Gasteiger partial charge in [0.25, 0.3) is 0 Å². The fourth-order valence-electron chi connectivity index (χ4n) is 1.50. The van der Waals surface area contributed by atoms with E-state index in [1.54, 1.807) is 0 Å². The van der Waals surface area contributed by atoms with Gasteiger partial charge in [0.2, 0.25) is 0 Å². The first-order chi connectivity index (χ1) is 5.74. The summed E-state index contributed by atoms with van der Waals surface area (Å²) >= 11 is 3.45. The number of hydrogen-bond acceptors (Lipinski definition) is 0. The van der Waals surface area contributed by atoms with Gasteiger partial charge in [-0.2, -0.15) is 0 Å². The summed E-state index contributed by atoms with van der Waals surface area (Å²) < 4.78 is 0. The molecule has 2 heteroatoms. The first-order valence-corrected chi connectivity index (χ1v) is 8.80. The first kappa shape index (κ1) is 12.4. The molecule has 0 atom stereocenters. The predicted molar refractivity (Wildman–Crippen MR) is 64.7 cm³/mol. The normalized spacial score (nSPS) is 12.7. The molecule has 0 amide bonds. The molecule has 0 radical (unpaired) electrons. The Kier molecular flexibility index (Phi) is 7.15. The van der Waals surface area contributed by atoms with E-state index in [1.165, 1.54) is 24.6 Å². The summed E-state index contributed by atoms with van der Waals surface area (Å²) in [7, 11) is -0.956. The van der Waals surface area contributed by atoms with Crippen LogP contribution in [0, 0.1) is 0 Å². The summed E-state index contributed by atoms with van der Waals surface area (Å²) in [6, 6.07) is 4.20. The van der Waals surface area contributed by atoms with Crippen molar-refractivity contribution in [3.63, 3.8) is 0 Å². The van der Waals surface area contributed by atoms with E-state index >= 15 is 0 Å². The minimum Gasteiger partial charge on any atom is -0.0981 e. The van der Waals surface area contributed by atoms with Gasteiger partial charge in [0, 0.05) is 5.33 Å². The number of halogens is 1. The summed E-state index contributed by atoms with van der Waals surface area (Å²) in [6.07, 6.45) is 3.56. The van der Waals surface area contributed by atoms with Crippen LogP contribution in [-0.4, -0.2) is 13.4 Å². The van der Waals surface area contributed by atoms with Crippen molar-refractivity contribution in [2.75, 3.05) is 5.33 Å². The molecule has 0 unspecified atom stereocenters. The molecular weight excluding hydrogens is 228 g/mol.